The van der Waals surface area contributed by atoms with Crippen molar-refractivity contribution >= 4 is 5.78 Å². The summed E-state index contributed by atoms with van der Waals surface area (Å²) < 4.78 is 0. The van der Waals surface area contributed by atoms with E-state index in [-0.39, 0.29) is 11.3 Å². The van der Waals surface area contributed by atoms with Gasteiger partial charge in [0.25, 0.3) is 0 Å². The summed E-state index contributed by atoms with van der Waals surface area (Å²) in [5, 5.41) is 3.24. The van der Waals surface area contributed by atoms with Crippen molar-refractivity contribution in [2.24, 2.45) is 0 Å². The number of rotatable bonds is 3. The van der Waals surface area contributed by atoms with E-state index in [4.69, 9.17) is 0 Å². The van der Waals surface area contributed by atoms with Crippen LogP contribution in [-0.4, -0.2) is 17.9 Å². The molecule has 0 saturated heterocycles. The lowest BCUT2D eigenvalue weighted by atomic mass is 10.1. The summed E-state index contributed by atoms with van der Waals surface area (Å²) in [4.78, 5) is 10.5. The Labute approximate surface area is 68.7 Å². The van der Waals surface area contributed by atoms with Crippen LogP contribution in [0.25, 0.3) is 0 Å². The zero-order valence-electron chi connectivity index (χ0n) is 7.77. The Balaban J connectivity index is 3.50. The van der Waals surface area contributed by atoms with E-state index < -0.39 is 0 Å². The molecule has 2 heteroatoms. The van der Waals surface area contributed by atoms with Crippen LogP contribution in [0.5, 0.6) is 0 Å². The Bertz CT molecular complexity index is 153. The number of hydrogen-bond donors (Lipinski definition) is 1. The van der Waals surface area contributed by atoms with Crippen molar-refractivity contribution in [1.82, 2.24) is 5.32 Å². The lowest BCUT2D eigenvalue weighted by Gasteiger charge is -2.18. The number of carbonyl (C=O) groups is 1. The van der Waals surface area contributed by atoms with Crippen molar-refractivity contribution in [2.75, 3.05) is 6.54 Å². The first kappa shape index (κ1) is 10.4. The number of allylic oxidation sites excluding steroid dienone is 1. The summed E-state index contributed by atoms with van der Waals surface area (Å²) in [5.74, 6) is 0.0979. The van der Waals surface area contributed by atoms with Crippen molar-refractivity contribution in [3.05, 3.63) is 12.2 Å². The minimum atomic E-state index is 0.0979. The zero-order valence-corrected chi connectivity index (χ0v) is 7.77. The zero-order chi connectivity index (χ0) is 8.91. The minimum Gasteiger partial charge on any atom is -0.309 e. The molecule has 0 aliphatic rings. The third-order valence-electron chi connectivity index (χ3n) is 1.10. The molecule has 0 aliphatic heterocycles. The lowest BCUT2D eigenvalue weighted by molar-refractivity contribution is -0.112. The SMILES string of the molecule is CC(=O)/C=C/CNC(C)(C)C. The molecule has 0 unspecified atom stereocenters. The van der Waals surface area contributed by atoms with Crippen LogP contribution >= 0.6 is 0 Å². The maximum atomic E-state index is 10.5. The van der Waals surface area contributed by atoms with E-state index in [0.29, 0.717) is 0 Å². The molecule has 0 aromatic heterocycles. The van der Waals surface area contributed by atoms with Gasteiger partial charge >= 0.3 is 0 Å². The molecule has 0 bridgehead atoms. The predicted molar refractivity (Wildman–Crippen MR) is 47.6 cm³/mol. The highest BCUT2D eigenvalue weighted by molar-refractivity contribution is 5.87. The number of ketones is 1. The Morgan fingerprint density at radius 2 is 2.00 bits per heavy atom. The summed E-state index contributed by atoms with van der Waals surface area (Å²) in [5.41, 5.74) is 0.126. The fraction of sp³-hybridized carbons (Fsp3) is 0.667. The van der Waals surface area contributed by atoms with Crippen molar-refractivity contribution in [1.29, 1.82) is 0 Å². The molecule has 11 heavy (non-hydrogen) atoms. The van der Waals surface area contributed by atoms with E-state index >= 15 is 0 Å². The standard InChI is InChI=1S/C9H17NO/c1-8(11)6-5-7-10-9(2,3)4/h5-6,10H,7H2,1-4H3/b6-5+. The largest absolute Gasteiger partial charge is 0.309 e. The molecule has 0 radical (unpaired) electrons. The molecule has 0 aliphatic carbocycles. The molecule has 0 heterocycles. The van der Waals surface area contributed by atoms with E-state index in [9.17, 15) is 4.79 Å². The fourth-order valence-corrected chi connectivity index (χ4v) is 0.590. The molecule has 0 amide bonds. The molecular weight excluding hydrogens is 138 g/mol. The van der Waals surface area contributed by atoms with Crippen LogP contribution in [0.15, 0.2) is 12.2 Å². The average Bonchev–Trinajstić information content (AvgIpc) is 1.78. The average molecular weight is 155 g/mol. The van der Waals surface area contributed by atoms with Gasteiger partial charge < -0.3 is 5.32 Å². The van der Waals surface area contributed by atoms with Gasteiger partial charge in [0, 0.05) is 12.1 Å². The first-order chi connectivity index (χ1) is 4.92. The predicted octanol–water partition coefficient (Wildman–Crippen LogP) is 1.52. The van der Waals surface area contributed by atoms with Crippen LogP contribution in [0.2, 0.25) is 0 Å². The van der Waals surface area contributed by atoms with Gasteiger partial charge in [-0.3, -0.25) is 4.79 Å². The quantitative estimate of drug-likeness (QED) is 0.626. The molecular formula is C9H17NO. The molecule has 2 nitrogen and oxygen atoms in total. The second kappa shape index (κ2) is 4.29. The monoisotopic (exact) mass is 155 g/mol. The number of nitrogens with one attached hydrogen (secondary N) is 1. The minimum absolute atomic E-state index is 0.0979. The molecule has 0 atom stereocenters. The second-order valence-corrected chi connectivity index (χ2v) is 3.64. The molecule has 0 saturated carbocycles. The topological polar surface area (TPSA) is 29.1 Å². The Kier molecular flexibility index (Phi) is 4.04. The van der Waals surface area contributed by atoms with Crippen LogP contribution in [-0.2, 0) is 4.79 Å². The first-order valence-corrected chi connectivity index (χ1v) is 3.84. The van der Waals surface area contributed by atoms with E-state index in [1.807, 2.05) is 6.08 Å². The van der Waals surface area contributed by atoms with Gasteiger partial charge in [0.05, 0.1) is 0 Å². The Hall–Kier alpha value is -0.630. The van der Waals surface area contributed by atoms with Gasteiger partial charge in [0.1, 0.15) is 0 Å². The van der Waals surface area contributed by atoms with Gasteiger partial charge in [0.15, 0.2) is 5.78 Å². The fourth-order valence-electron chi connectivity index (χ4n) is 0.590. The summed E-state index contributed by atoms with van der Waals surface area (Å²) in [6.45, 7) is 8.58. The highest BCUT2D eigenvalue weighted by Crippen LogP contribution is 1.96. The van der Waals surface area contributed by atoms with Gasteiger partial charge in [-0.15, -0.1) is 0 Å². The maximum Gasteiger partial charge on any atom is 0.152 e. The van der Waals surface area contributed by atoms with E-state index in [1.165, 1.54) is 0 Å². The molecule has 64 valence electrons. The third kappa shape index (κ3) is 9.37. The van der Waals surface area contributed by atoms with Crippen LogP contribution < -0.4 is 5.32 Å². The van der Waals surface area contributed by atoms with Crippen LogP contribution in [0.1, 0.15) is 27.7 Å². The van der Waals surface area contributed by atoms with Crippen LogP contribution in [0.4, 0.5) is 0 Å². The van der Waals surface area contributed by atoms with Gasteiger partial charge in [-0.25, -0.2) is 0 Å². The second-order valence-electron chi connectivity index (χ2n) is 3.64. The Morgan fingerprint density at radius 3 is 2.36 bits per heavy atom. The van der Waals surface area contributed by atoms with Gasteiger partial charge in [-0.2, -0.15) is 0 Å². The van der Waals surface area contributed by atoms with Crippen LogP contribution in [0.3, 0.4) is 0 Å². The third-order valence-corrected chi connectivity index (χ3v) is 1.10. The summed E-state index contributed by atoms with van der Waals surface area (Å²) in [6.07, 6.45) is 3.42. The van der Waals surface area contributed by atoms with E-state index in [0.717, 1.165) is 6.54 Å². The molecule has 0 aromatic rings. The van der Waals surface area contributed by atoms with Crippen molar-refractivity contribution < 1.29 is 4.79 Å². The molecule has 1 N–H and O–H groups in total. The van der Waals surface area contributed by atoms with Gasteiger partial charge in [-0.1, -0.05) is 6.08 Å². The van der Waals surface area contributed by atoms with Gasteiger partial charge in [-0.05, 0) is 33.8 Å². The van der Waals surface area contributed by atoms with Crippen LogP contribution in [0, 0.1) is 0 Å². The number of carbonyl (C=O) groups excluding carboxylic acids is 1. The molecule has 0 rings (SSSR count). The van der Waals surface area contributed by atoms with Crippen molar-refractivity contribution in [2.45, 2.75) is 33.2 Å². The van der Waals surface area contributed by atoms with E-state index in [1.54, 1.807) is 13.0 Å². The summed E-state index contributed by atoms with van der Waals surface area (Å²) in [7, 11) is 0. The Morgan fingerprint density at radius 1 is 1.45 bits per heavy atom. The molecule has 0 aromatic carbocycles. The number of hydrogen-bond acceptors (Lipinski definition) is 2. The molecule has 0 spiro atoms. The smallest absolute Gasteiger partial charge is 0.152 e. The lowest BCUT2D eigenvalue weighted by Crippen LogP contribution is -2.35. The van der Waals surface area contributed by atoms with Crippen molar-refractivity contribution in [3.8, 4) is 0 Å². The highest BCUT2D eigenvalue weighted by atomic mass is 16.1. The first-order valence-electron chi connectivity index (χ1n) is 3.84. The molecule has 0 fully saturated rings. The maximum absolute atomic E-state index is 10.5. The summed E-state index contributed by atoms with van der Waals surface area (Å²) in [6, 6.07) is 0. The van der Waals surface area contributed by atoms with Gasteiger partial charge in [0.2, 0.25) is 0 Å². The summed E-state index contributed by atoms with van der Waals surface area (Å²) >= 11 is 0. The normalized spacial score (nSPS) is 12.4. The van der Waals surface area contributed by atoms with Crippen molar-refractivity contribution in [3.63, 3.8) is 0 Å². The highest BCUT2D eigenvalue weighted by Gasteiger charge is 2.05. The van der Waals surface area contributed by atoms with E-state index in [2.05, 4.69) is 26.1 Å².